The molecule has 0 aliphatic heterocycles. The number of ether oxygens (including phenoxy) is 2. The molecule has 4 atom stereocenters. The molecule has 1 aliphatic rings. The van der Waals surface area contributed by atoms with Gasteiger partial charge in [0.05, 0.1) is 31.6 Å². The maximum absolute atomic E-state index is 12.2. The number of aliphatic hydroxyl groups excluding tert-OH is 2. The van der Waals surface area contributed by atoms with Crippen LogP contribution >= 0.6 is 0 Å². The van der Waals surface area contributed by atoms with Crippen molar-refractivity contribution in [3.05, 3.63) is 83.1 Å². The van der Waals surface area contributed by atoms with E-state index in [9.17, 15) is 24.6 Å². The summed E-state index contributed by atoms with van der Waals surface area (Å²) in [5, 5.41) is 19.5. The lowest BCUT2D eigenvalue weighted by Gasteiger charge is -2.31. The topological polar surface area (TPSA) is 123 Å². The van der Waals surface area contributed by atoms with Crippen LogP contribution in [0.3, 0.4) is 0 Å². The van der Waals surface area contributed by atoms with Gasteiger partial charge in [0.1, 0.15) is 35.2 Å². The van der Waals surface area contributed by atoms with Crippen molar-refractivity contribution in [2.75, 3.05) is 14.2 Å². The van der Waals surface area contributed by atoms with Gasteiger partial charge in [0.15, 0.2) is 11.2 Å². The summed E-state index contributed by atoms with van der Waals surface area (Å²) in [6.07, 6.45) is 7.72. The van der Waals surface area contributed by atoms with Crippen LogP contribution in [0.4, 0.5) is 0 Å². The quantitative estimate of drug-likeness (QED) is 0.246. The van der Waals surface area contributed by atoms with Crippen LogP contribution in [0.1, 0.15) is 26.2 Å². The minimum absolute atomic E-state index is 0.0864. The van der Waals surface area contributed by atoms with E-state index in [0.29, 0.717) is 34.5 Å². The minimum atomic E-state index is -1.43. The molecule has 1 saturated carbocycles. The molecular weight excluding hydrogens is 500 g/mol. The Morgan fingerprint density at radius 1 is 1.00 bits per heavy atom. The molecule has 2 N–H and O–H groups in total. The standard InChI is InChI=1S/C17H14O4.C14H20O4/c1-19-12-5-3-4-11(8-12)16-10-15(18)14-7-6-13(20-2)9-17(14)21-16;1-2-3-4-5-6-7-10-8-12(16)14(18)13(17)11(10)9-15/h3-10H,1-2H3;4-7,9-12,14,16,18H,2-3,8H2,1H3. The van der Waals surface area contributed by atoms with E-state index < -0.39 is 23.9 Å². The van der Waals surface area contributed by atoms with Crippen molar-refractivity contribution in [3.8, 4) is 22.8 Å². The van der Waals surface area contributed by atoms with E-state index in [-0.39, 0.29) is 17.8 Å². The molecule has 1 aromatic heterocycles. The highest BCUT2D eigenvalue weighted by molar-refractivity contribution is 5.97. The lowest BCUT2D eigenvalue weighted by molar-refractivity contribution is -0.146. The van der Waals surface area contributed by atoms with Crippen molar-refractivity contribution < 1.29 is 33.7 Å². The number of rotatable bonds is 8. The molecule has 0 radical (unpaired) electrons. The van der Waals surface area contributed by atoms with Crippen molar-refractivity contribution in [1.29, 1.82) is 0 Å². The smallest absolute Gasteiger partial charge is 0.193 e. The van der Waals surface area contributed by atoms with Crippen LogP contribution in [0.15, 0.2) is 82.0 Å². The van der Waals surface area contributed by atoms with Crippen LogP contribution in [0.2, 0.25) is 0 Å². The van der Waals surface area contributed by atoms with Gasteiger partial charge in [-0.3, -0.25) is 9.59 Å². The van der Waals surface area contributed by atoms with E-state index in [1.54, 1.807) is 44.6 Å². The van der Waals surface area contributed by atoms with Crippen LogP contribution in [-0.4, -0.2) is 48.7 Å². The highest BCUT2D eigenvalue weighted by atomic mass is 16.5. The average molecular weight is 535 g/mol. The first-order chi connectivity index (χ1) is 18.8. The third-order valence-electron chi connectivity index (χ3n) is 6.46. The number of hydrogen-bond donors (Lipinski definition) is 2. The van der Waals surface area contributed by atoms with Gasteiger partial charge >= 0.3 is 0 Å². The number of aliphatic hydroxyl groups is 2. The summed E-state index contributed by atoms with van der Waals surface area (Å²) in [4.78, 5) is 34.7. The molecule has 206 valence electrons. The monoisotopic (exact) mass is 534 g/mol. The van der Waals surface area contributed by atoms with Crippen LogP contribution in [0.5, 0.6) is 11.5 Å². The Bertz CT molecular complexity index is 1390. The fourth-order valence-electron chi connectivity index (χ4n) is 4.25. The number of aldehydes is 1. The summed E-state index contributed by atoms with van der Waals surface area (Å²) in [7, 11) is 3.17. The Morgan fingerprint density at radius 2 is 1.74 bits per heavy atom. The molecule has 39 heavy (non-hydrogen) atoms. The number of unbranched alkanes of at least 4 members (excludes halogenated alkanes) is 1. The first-order valence-corrected chi connectivity index (χ1v) is 12.8. The predicted octanol–water partition coefficient (Wildman–Crippen LogP) is 4.50. The summed E-state index contributed by atoms with van der Waals surface area (Å²) < 4.78 is 16.2. The van der Waals surface area contributed by atoms with Gasteiger partial charge in [-0.25, -0.2) is 0 Å². The van der Waals surface area contributed by atoms with E-state index in [1.807, 2.05) is 36.4 Å². The van der Waals surface area contributed by atoms with Crippen LogP contribution in [0.25, 0.3) is 22.3 Å². The average Bonchev–Trinajstić information content (AvgIpc) is 2.96. The molecule has 1 heterocycles. The number of hydrogen-bond acceptors (Lipinski definition) is 8. The Morgan fingerprint density at radius 3 is 2.44 bits per heavy atom. The van der Waals surface area contributed by atoms with Crippen molar-refractivity contribution in [2.45, 2.75) is 38.4 Å². The van der Waals surface area contributed by atoms with Gasteiger partial charge in [-0.15, -0.1) is 0 Å². The van der Waals surface area contributed by atoms with Crippen molar-refractivity contribution in [3.63, 3.8) is 0 Å². The number of benzene rings is 2. The number of carbonyl (C=O) groups excluding carboxylic acids is 2. The molecule has 1 aliphatic carbocycles. The lowest BCUT2D eigenvalue weighted by Crippen LogP contribution is -2.47. The zero-order valence-corrected chi connectivity index (χ0v) is 22.3. The second kappa shape index (κ2) is 14.2. The highest BCUT2D eigenvalue weighted by Crippen LogP contribution is 2.28. The largest absolute Gasteiger partial charge is 0.497 e. The van der Waals surface area contributed by atoms with Crippen LogP contribution in [0, 0.1) is 11.8 Å². The first kappa shape index (κ1) is 29.5. The Labute approximate surface area is 227 Å². The number of Topliss-reactive ketones (excluding diaryl/α,β-unsaturated/α-hetero) is 1. The minimum Gasteiger partial charge on any atom is -0.497 e. The molecule has 1 fully saturated rings. The molecule has 3 aromatic rings. The van der Waals surface area contributed by atoms with Gasteiger partial charge in [0, 0.05) is 17.7 Å². The molecule has 0 bridgehead atoms. The summed E-state index contributed by atoms with van der Waals surface area (Å²) in [6.45, 7) is 2.08. The fourth-order valence-corrected chi connectivity index (χ4v) is 4.25. The van der Waals surface area contributed by atoms with E-state index in [0.717, 1.165) is 18.4 Å². The van der Waals surface area contributed by atoms with Gasteiger partial charge in [0.25, 0.3) is 0 Å². The van der Waals surface area contributed by atoms with Crippen molar-refractivity contribution >= 4 is 23.0 Å². The normalized spacial score (nSPS) is 21.1. The first-order valence-electron chi connectivity index (χ1n) is 12.8. The number of ketones is 1. The second-order valence-electron chi connectivity index (χ2n) is 9.15. The summed E-state index contributed by atoms with van der Waals surface area (Å²) in [5.41, 5.74) is 1.20. The molecule has 4 unspecified atom stereocenters. The highest BCUT2D eigenvalue weighted by Gasteiger charge is 2.41. The molecule has 4 rings (SSSR count). The molecule has 0 spiro atoms. The molecule has 0 saturated heterocycles. The van der Waals surface area contributed by atoms with Gasteiger partial charge < -0.3 is 28.9 Å². The second-order valence-corrected chi connectivity index (χ2v) is 9.15. The maximum atomic E-state index is 12.2. The molecule has 0 amide bonds. The van der Waals surface area contributed by atoms with Crippen LogP contribution in [-0.2, 0) is 9.59 Å². The Balaban J connectivity index is 0.000000219. The van der Waals surface area contributed by atoms with Gasteiger partial charge in [-0.1, -0.05) is 49.8 Å². The van der Waals surface area contributed by atoms with Crippen molar-refractivity contribution in [2.24, 2.45) is 11.8 Å². The predicted molar refractivity (Wildman–Crippen MR) is 149 cm³/mol. The fraction of sp³-hybridized carbons (Fsp3) is 0.323. The molecule has 8 nitrogen and oxygen atoms in total. The third kappa shape index (κ3) is 7.52. The lowest BCUT2D eigenvalue weighted by atomic mass is 9.76. The van der Waals surface area contributed by atoms with Gasteiger partial charge in [-0.05, 0) is 43.0 Å². The zero-order chi connectivity index (χ0) is 28.4. The summed E-state index contributed by atoms with van der Waals surface area (Å²) in [6, 6.07) is 14.0. The molecular formula is C31H34O8. The summed E-state index contributed by atoms with van der Waals surface area (Å²) in [5.74, 6) is 0.0869. The van der Waals surface area contributed by atoms with Gasteiger partial charge in [-0.2, -0.15) is 0 Å². The van der Waals surface area contributed by atoms with E-state index in [2.05, 4.69) is 6.92 Å². The van der Waals surface area contributed by atoms with E-state index in [1.165, 1.54) is 6.07 Å². The number of carbonyl (C=O) groups is 2. The molecule has 2 aromatic carbocycles. The van der Waals surface area contributed by atoms with E-state index in [4.69, 9.17) is 13.9 Å². The van der Waals surface area contributed by atoms with Gasteiger partial charge in [0.2, 0.25) is 0 Å². The Hall–Kier alpha value is -4.01. The van der Waals surface area contributed by atoms with Crippen LogP contribution < -0.4 is 14.9 Å². The Kier molecular flexibility index (Phi) is 10.8. The number of fused-ring (bicyclic) bond motifs is 1. The number of allylic oxidation sites excluding steroid dienone is 4. The maximum Gasteiger partial charge on any atom is 0.193 e. The SMILES string of the molecule is CCCC=CC=CC1CC(O)C(O)C(=O)C1C=O.COc1cccc(-c2cc(=O)c3ccc(OC)cc3o2)c1. The summed E-state index contributed by atoms with van der Waals surface area (Å²) >= 11 is 0. The number of methoxy groups -OCH3 is 2. The van der Waals surface area contributed by atoms with Crippen molar-refractivity contribution in [1.82, 2.24) is 0 Å². The molecule has 8 heteroatoms. The third-order valence-corrected chi connectivity index (χ3v) is 6.46. The van der Waals surface area contributed by atoms with E-state index >= 15 is 0 Å². The zero-order valence-electron chi connectivity index (χ0n) is 22.3.